The minimum Gasteiger partial charge on any atom is -0.492 e. The Morgan fingerprint density at radius 2 is 1.83 bits per heavy atom. The lowest BCUT2D eigenvalue weighted by Gasteiger charge is -2.26. The van der Waals surface area contributed by atoms with E-state index in [0.717, 1.165) is 49.7 Å². The number of carbonyl (C=O) groups is 2. The first-order valence-electron chi connectivity index (χ1n) is 10.5. The molecule has 160 valence electrons. The molecule has 1 heterocycles. The topological polar surface area (TPSA) is 67.9 Å². The second-order valence-corrected chi connectivity index (χ2v) is 7.52. The Bertz CT molecular complexity index is 829. The van der Waals surface area contributed by atoms with E-state index in [9.17, 15) is 9.59 Å². The second-order valence-electron chi connectivity index (χ2n) is 7.52. The van der Waals surface area contributed by atoms with Gasteiger partial charge in [-0.15, -0.1) is 0 Å². The van der Waals surface area contributed by atoms with Crippen LogP contribution >= 0.6 is 0 Å². The van der Waals surface area contributed by atoms with E-state index in [1.807, 2.05) is 43.3 Å². The zero-order valence-electron chi connectivity index (χ0n) is 17.6. The maximum atomic E-state index is 12.2. The van der Waals surface area contributed by atoms with Gasteiger partial charge in [-0.1, -0.05) is 42.0 Å². The Morgan fingerprint density at radius 1 is 1.07 bits per heavy atom. The average Bonchev–Trinajstić information content (AvgIpc) is 2.77. The van der Waals surface area contributed by atoms with Crippen molar-refractivity contribution in [2.45, 2.75) is 26.3 Å². The van der Waals surface area contributed by atoms with Crippen LogP contribution < -0.4 is 10.1 Å². The molecule has 0 unspecified atom stereocenters. The van der Waals surface area contributed by atoms with Crippen molar-refractivity contribution in [2.75, 3.05) is 39.5 Å². The first-order valence-corrected chi connectivity index (χ1v) is 10.5. The van der Waals surface area contributed by atoms with E-state index < -0.39 is 0 Å². The van der Waals surface area contributed by atoms with Crippen LogP contribution in [-0.4, -0.2) is 56.0 Å². The fourth-order valence-corrected chi connectivity index (χ4v) is 3.26. The van der Waals surface area contributed by atoms with Crippen molar-refractivity contribution < 1.29 is 19.1 Å². The van der Waals surface area contributed by atoms with Crippen molar-refractivity contribution in [3.8, 4) is 5.75 Å². The fourth-order valence-electron chi connectivity index (χ4n) is 3.26. The molecule has 1 aliphatic rings. The summed E-state index contributed by atoms with van der Waals surface area (Å²) in [5, 5.41) is 2.88. The SMILES string of the molecule is Cc1ccc(C(=O)CCC(=O)NCc2cccc(OCCN3CCOCC3)c2)cc1. The highest BCUT2D eigenvalue weighted by molar-refractivity contribution is 5.97. The molecular weight excluding hydrogens is 380 g/mol. The molecule has 1 saturated heterocycles. The number of nitrogens with one attached hydrogen (secondary N) is 1. The van der Waals surface area contributed by atoms with Crippen LogP contribution in [0.2, 0.25) is 0 Å². The molecule has 0 aromatic heterocycles. The minimum atomic E-state index is -0.130. The average molecular weight is 411 g/mol. The summed E-state index contributed by atoms with van der Waals surface area (Å²) in [6, 6.07) is 15.2. The van der Waals surface area contributed by atoms with Crippen LogP contribution in [0.1, 0.15) is 34.3 Å². The van der Waals surface area contributed by atoms with E-state index in [1.54, 1.807) is 12.1 Å². The number of ether oxygens (including phenoxy) is 2. The number of amides is 1. The smallest absolute Gasteiger partial charge is 0.220 e. The quantitative estimate of drug-likeness (QED) is 0.610. The third-order valence-corrected chi connectivity index (χ3v) is 5.12. The van der Waals surface area contributed by atoms with Crippen molar-refractivity contribution >= 4 is 11.7 Å². The number of ketones is 1. The predicted octanol–water partition coefficient (Wildman–Crippen LogP) is 2.99. The molecular formula is C24H30N2O4. The van der Waals surface area contributed by atoms with E-state index in [1.165, 1.54) is 0 Å². The molecule has 1 amide bonds. The summed E-state index contributed by atoms with van der Waals surface area (Å²) < 4.78 is 11.2. The molecule has 6 heteroatoms. The van der Waals surface area contributed by atoms with Crippen LogP contribution in [0.25, 0.3) is 0 Å². The largest absolute Gasteiger partial charge is 0.492 e. The lowest BCUT2D eigenvalue weighted by molar-refractivity contribution is -0.121. The number of carbonyl (C=O) groups excluding carboxylic acids is 2. The molecule has 0 radical (unpaired) electrons. The molecule has 1 aliphatic heterocycles. The zero-order chi connectivity index (χ0) is 21.2. The van der Waals surface area contributed by atoms with E-state index in [-0.39, 0.29) is 24.5 Å². The normalized spacial score (nSPS) is 14.3. The van der Waals surface area contributed by atoms with Gasteiger partial charge in [0.2, 0.25) is 5.91 Å². The van der Waals surface area contributed by atoms with Gasteiger partial charge in [-0.2, -0.15) is 0 Å². The summed E-state index contributed by atoms with van der Waals surface area (Å²) in [7, 11) is 0. The highest BCUT2D eigenvalue weighted by atomic mass is 16.5. The van der Waals surface area contributed by atoms with Gasteiger partial charge in [0.05, 0.1) is 13.2 Å². The number of aryl methyl sites for hydroxylation is 1. The molecule has 0 bridgehead atoms. The monoisotopic (exact) mass is 410 g/mol. The molecule has 2 aromatic rings. The van der Waals surface area contributed by atoms with Crippen LogP contribution in [0.3, 0.4) is 0 Å². The molecule has 3 rings (SSSR count). The number of hydrogen-bond donors (Lipinski definition) is 1. The first-order chi connectivity index (χ1) is 14.6. The number of nitrogens with zero attached hydrogens (tertiary/aromatic N) is 1. The molecule has 1 fully saturated rings. The van der Waals surface area contributed by atoms with E-state index in [2.05, 4.69) is 10.2 Å². The third-order valence-electron chi connectivity index (χ3n) is 5.12. The van der Waals surface area contributed by atoms with Gasteiger partial charge < -0.3 is 14.8 Å². The summed E-state index contributed by atoms with van der Waals surface area (Å²) in [4.78, 5) is 26.6. The first kappa shape index (κ1) is 22.0. The van der Waals surface area contributed by atoms with Gasteiger partial charge in [0.25, 0.3) is 0 Å². The summed E-state index contributed by atoms with van der Waals surface area (Å²) in [5.41, 5.74) is 2.73. The second kappa shape index (κ2) is 11.5. The van der Waals surface area contributed by atoms with Crippen LogP contribution in [0, 0.1) is 6.92 Å². The standard InChI is InChI=1S/C24H30N2O4/c1-19-5-7-21(8-6-19)23(27)9-10-24(28)25-18-20-3-2-4-22(17-20)30-16-13-26-11-14-29-15-12-26/h2-8,17H,9-16,18H2,1H3,(H,25,28). The Kier molecular flexibility index (Phi) is 8.41. The van der Waals surface area contributed by atoms with Crippen LogP contribution in [0.15, 0.2) is 48.5 Å². The Labute approximate surface area is 178 Å². The lowest BCUT2D eigenvalue weighted by Crippen LogP contribution is -2.38. The summed E-state index contributed by atoms with van der Waals surface area (Å²) in [6.07, 6.45) is 0.391. The lowest BCUT2D eigenvalue weighted by atomic mass is 10.0. The summed E-state index contributed by atoms with van der Waals surface area (Å²) in [5.74, 6) is 0.652. The molecule has 2 aromatic carbocycles. The molecule has 0 saturated carbocycles. The predicted molar refractivity (Wildman–Crippen MR) is 116 cm³/mol. The number of rotatable bonds is 10. The summed E-state index contributed by atoms with van der Waals surface area (Å²) in [6.45, 7) is 7.35. The Balaban J connectivity index is 1.37. The van der Waals surface area contributed by atoms with Crippen molar-refractivity contribution in [1.29, 1.82) is 0 Å². The van der Waals surface area contributed by atoms with Crippen molar-refractivity contribution in [1.82, 2.24) is 10.2 Å². The fraction of sp³-hybridized carbons (Fsp3) is 0.417. The highest BCUT2D eigenvalue weighted by Crippen LogP contribution is 2.14. The number of benzene rings is 2. The van der Waals surface area contributed by atoms with Gasteiger partial charge in [0, 0.05) is 44.6 Å². The molecule has 1 N–H and O–H groups in total. The zero-order valence-corrected chi connectivity index (χ0v) is 17.6. The number of hydrogen-bond acceptors (Lipinski definition) is 5. The van der Waals surface area contributed by atoms with Crippen molar-refractivity contribution in [3.63, 3.8) is 0 Å². The van der Waals surface area contributed by atoms with E-state index >= 15 is 0 Å². The molecule has 6 nitrogen and oxygen atoms in total. The molecule has 0 atom stereocenters. The van der Waals surface area contributed by atoms with E-state index in [4.69, 9.17) is 9.47 Å². The van der Waals surface area contributed by atoms with Gasteiger partial charge in [-0.25, -0.2) is 0 Å². The van der Waals surface area contributed by atoms with Crippen molar-refractivity contribution in [2.24, 2.45) is 0 Å². The maximum absolute atomic E-state index is 12.2. The highest BCUT2D eigenvalue weighted by Gasteiger charge is 2.11. The number of morpholine rings is 1. The van der Waals surface area contributed by atoms with E-state index in [0.29, 0.717) is 18.7 Å². The Hall–Kier alpha value is -2.70. The van der Waals surface area contributed by atoms with Gasteiger partial charge in [-0.05, 0) is 24.6 Å². The molecule has 30 heavy (non-hydrogen) atoms. The van der Waals surface area contributed by atoms with Gasteiger partial charge in [0.15, 0.2) is 5.78 Å². The van der Waals surface area contributed by atoms with Crippen molar-refractivity contribution in [3.05, 3.63) is 65.2 Å². The van der Waals surface area contributed by atoms with Gasteiger partial charge in [-0.3, -0.25) is 14.5 Å². The maximum Gasteiger partial charge on any atom is 0.220 e. The molecule has 0 aliphatic carbocycles. The molecule has 0 spiro atoms. The summed E-state index contributed by atoms with van der Waals surface area (Å²) >= 11 is 0. The Morgan fingerprint density at radius 3 is 2.60 bits per heavy atom. The number of Topliss-reactive ketones (excluding diaryl/α,β-unsaturated/α-hetero) is 1. The third kappa shape index (κ3) is 7.28. The van der Waals surface area contributed by atoms with Gasteiger partial charge in [0.1, 0.15) is 12.4 Å². The van der Waals surface area contributed by atoms with Crippen LogP contribution in [-0.2, 0) is 16.1 Å². The minimum absolute atomic E-state index is 0.0131. The van der Waals surface area contributed by atoms with Crippen LogP contribution in [0.4, 0.5) is 0 Å². The van der Waals surface area contributed by atoms with Crippen LogP contribution in [0.5, 0.6) is 5.75 Å². The van der Waals surface area contributed by atoms with Gasteiger partial charge >= 0.3 is 0 Å².